The van der Waals surface area contributed by atoms with Gasteiger partial charge in [0.05, 0.1) is 20.0 Å². The third kappa shape index (κ3) is 3.88. The number of hydrogen-bond acceptors (Lipinski definition) is 5. The summed E-state index contributed by atoms with van der Waals surface area (Å²) in [6.07, 6.45) is 1.40. The monoisotopic (exact) mass is 446 g/mol. The molecule has 1 unspecified atom stereocenters. The maximum Gasteiger partial charge on any atom is 0.359 e. The zero-order valence-electron chi connectivity index (χ0n) is 19.1. The zero-order valence-corrected chi connectivity index (χ0v) is 19.1. The van der Waals surface area contributed by atoms with Crippen LogP contribution in [-0.4, -0.2) is 40.0 Å². The Bertz CT molecular complexity index is 1230. The van der Waals surface area contributed by atoms with E-state index in [0.29, 0.717) is 12.2 Å². The van der Waals surface area contributed by atoms with Crippen LogP contribution in [0.4, 0.5) is 5.69 Å². The van der Waals surface area contributed by atoms with Crippen LogP contribution in [0, 0.1) is 13.8 Å². The highest BCUT2D eigenvalue weighted by Crippen LogP contribution is 2.34. The standard InChI is InChI=1S/C25H26N4O4/c1-16-10-11-19(12-17(16)2)29-22(30)21-20(23(31)33-4)27-15-28(21)14-25(29,3)24(32)26-13-18-8-6-5-7-9-18/h5-12,15H,13-14H2,1-4H3,(H,26,32). The van der Waals surface area contributed by atoms with Crippen molar-refractivity contribution in [1.29, 1.82) is 0 Å². The second-order valence-electron chi connectivity index (χ2n) is 8.41. The van der Waals surface area contributed by atoms with Crippen molar-refractivity contribution in [2.75, 3.05) is 12.0 Å². The smallest absolute Gasteiger partial charge is 0.359 e. The molecular weight excluding hydrogens is 420 g/mol. The van der Waals surface area contributed by atoms with Crippen molar-refractivity contribution in [3.63, 3.8) is 0 Å². The van der Waals surface area contributed by atoms with Crippen LogP contribution in [0.2, 0.25) is 0 Å². The molecule has 1 aliphatic heterocycles. The summed E-state index contributed by atoms with van der Waals surface area (Å²) in [4.78, 5) is 45.1. The largest absolute Gasteiger partial charge is 0.464 e. The minimum Gasteiger partial charge on any atom is -0.464 e. The summed E-state index contributed by atoms with van der Waals surface area (Å²) in [6.45, 7) is 6.11. The van der Waals surface area contributed by atoms with Crippen molar-refractivity contribution < 1.29 is 19.1 Å². The maximum absolute atomic E-state index is 13.8. The quantitative estimate of drug-likeness (QED) is 0.608. The molecule has 1 N–H and O–H groups in total. The minimum atomic E-state index is -1.26. The average molecular weight is 447 g/mol. The summed E-state index contributed by atoms with van der Waals surface area (Å²) >= 11 is 0. The normalized spacial score (nSPS) is 17.5. The lowest BCUT2D eigenvalue weighted by Gasteiger charge is -2.43. The van der Waals surface area contributed by atoms with Crippen molar-refractivity contribution in [1.82, 2.24) is 14.9 Å². The molecule has 0 saturated carbocycles. The molecule has 0 bridgehead atoms. The lowest BCUT2D eigenvalue weighted by Crippen LogP contribution is -2.64. The number of carbonyl (C=O) groups is 3. The molecular formula is C25H26N4O4. The Labute approximate surface area is 192 Å². The fourth-order valence-electron chi connectivity index (χ4n) is 4.11. The highest BCUT2D eigenvalue weighted by atomic mass is 16.5. The maximum atomic E-state index is 13.8. The molecule has 1 aliphatic rings. The molecule has 0 aliphatic carbocycles. The summed E-state index contributed by atoms with van der Waals surface area (Å²) < 4.78 is 6.36. The van der Waals surface area contributed by atoms with Crippen molar-refractivity contribution in [2.45, 2.75) is 39.4 Å². The van der Waals surface area contributed by atoms with Gasteiger partial charge in [0, 0.05) is 12.2 Å². The number of carbonyl (C=O) groups excluding carboxylic acids is 3. The number of nitrogens with zero attached hydrogens (tertiary/aromatic N) is 3. The molecule has 33 heavy (non-hydrogen) atoms. The van der Waals surface area contributed by atoms with Gasteiger partial charge in [0.15, 0.2) is 5.69 Å². The number of nitrogens with one attached hydrogen (secondary N) is 1. The van der Waals surface area contributed by atoms with E-state index in [1.807, 2.05) is 62.4 Å². The van der Waals surface area contributed by atoms with E-state index in [2.05, 4.69) is 10.3 Å². The minimum absolute atomic E-state index is 0.0666. The van der Waals surface area contributed by atoms with E-state index in [1.54, 1.807) is 11.5 Å². The number of aromatic nitrogens is 2. The molecule has 2 heterocycles. The summed E-state index contributed by atoms with van der Waals surface area (Å²) in [6, 6.07) is 15.2. The fourth-order valence-corrected chi connectivity index (χ4v) is 4.11. The van der Waals surface area contributed by atoms with Gasteiger partial charge in [0.1, 0.15) is 11.2 Å². The van der Waals surface area contributed by atoms with Crippen LogP contribution in [0.15, 0.2) is 54.9 Å². The Morgan fingerprint density at radius 2 is 1.85 bits per heavy atom. The number of amides is 2. The zero-order chi connectivity index (χ0) is 23.8. The summed E-state index contributed by atoms with van der Waals surface area (Å²) in [5.41, 5.74) is 2.36. The highest BCUT2D eigenvalue weighted by molar-refractivity contribution is 6.15. The molecule has 0 radical (unpaired) electrons. The summed E-state index contributed by atoms with van der Waals surface area (Å²) in [7, 11) is 1.24. The number of benzene rings is 2. The second-order valence-corrected chi connectivity index (χ2v) is 8.41. The van der Waals surface area contributed by atoms with E-state index >= 15 is 0 Å². The predicted molar refractivity (Wildman–Crippen MR) is 123 cm³/mol. The van der Waals surface area contributed by atoms with Gasteiger partial charge in [-0.25, -0.2) is 9.78 Å². The van der Waals surface area contributed by atoms with Crippen LogP contribution in [-0.2, 0) is 22.6 Å². The summed E-state index contributed by atoms with van der Waals surface area (Å²) in [5, 5.41) is 2.97. The van der Waals surface area contributed by atoms with Crippen LogP contribution in [0.25, 0.3) is 0 Å². The number of methoxy groups -OCH3 is 1. The first-order valence-corrected chi connectivity index (χ1v) is 10.6. The Hall–Kier alpha value is -3.94. The molecule has 8 nitrogen and oxygen atoms in total. The van der Waals surface area contributed by atoms with E-state index in [4.69, 9.17) is 4.74 Å². The van der Waals surface area contributed by atoms with E-state index in [9.17, 15) is 14.4 Å². The van der Waals surface area contributed by atoms with Crippen molar-refractivity contribution >= 4 is 23.5 Å². The summed E-state index contributed by atoms with van der Waals surface area (Å²) in [5.74, 6) is -1.49. The number of rotatable bonds is 5. The molecule has 0 fully saturated rings. The van der Waals surface area contributed by atoms with E-state index in [0.717, 1.165) is 16.7 Å². The van der Waals surface area contributed by atoms with Crippen LogP contribution < -0.4 is 10.2 Å². The second kappa shape index (κ2) is 8.54. The Morgan fingerprint density at radius 3 is 2.52 bits per heavy atom. The number of esters is 1. The molecule has 1 aromatic heterocycles. The molecule has 0 spiro atoms. The van der Waals surface area contributed by atoms with Crippen LogP contribution in [0.1, 0.15) is 44.6 Å². The molecule has 3 aromatic rings. The van der Waals surface area contributed by atoms with E-state index in [1.165, 1.54) is 18.3 Å². The molecule has 1 atom stereocenters. The third-order valence-corrected chi connectivity index (χ3v) is 6.13. The first-order valence-electron chi connectivity index (χ1n) is 10.6. The van der Waals surface area contributed by atoms with Gasteiger partial charge in [0.25, 0.3) is 5.91 Å². The first-order chi connectivity index (χ1) is 15.8. The number of hydrogen-bond donors (Lipinski definition) is 1. The first kappa shape index (κ1) is 22.3. The van der Waals surface area contributed by atoms with Crippen LogP contribution in [0.3, 0.4) is 0 Å². The lowest BCUT2D eigenvalue weighted by atomic mass is 9.92. The van der Waals surface area contributed by atoms with Crippen LogP contribution >= 0.6 is 0 Å². The number of ether oxygens (including phenoxy) is 1. The number of anilines is 1. The van der Waals surface area contributed by atoms with Crippen molar-refractivity contribution in [3.8, 4) is 0 Å². The van der Waals surface area contributed by atoms with E-state index in [-0.39, 0.29) is 23.8 Å². The molecule has 4 rings (SSSR count). The molecule has 0 saturated heterocycles. The lowest BCUT2D eigenvalue weighted by molar-refractivity contribution is -0.126. The SMILES string of the molecule is COC(=O)c1ncn2c1C(=O)N(c1ccc(C)c(C)c1)C(C)(C(=O)NCc1ccccc1)C2. The van der Waals surface area contributed by atoms with Crippen LogP contribution in [0.5, 0.6) is 0 Å². The highest BCUT2D eigenvalue weighted by Gasteiger charge is 2.49. The van der Waals surface area contributed by atoms with Crippen molar-refractivity contribution in [3.05, 3.63) is 82.9 Å². The molecule has 2 aromatic carbocycles. The van der Waals surface area contributed by atoms with Gasteiger partial charge < -0.3 is 14.6 Å². The van der Waals surface area contributed by atoms with Crippen molar-refractivity contribution in [2.24, 2.45) is 0 Å². The average Bonchev–Trinajstić information content (AvgIpc) is 3.23. The van der Waals surface area contributed by atoms with Gasteiger partial charge in [-0.2, -0.15) is 0 Å². The Balaban J connectivity index is 1.78. The van der Waals surface area contributed by atoms with E-state index < -0.39 is 17.4 Å². The number of aryl methyl sites for hydroxylation is 2. The Morgan fingerprint density at radius 1 is 1.12 bits per heavy atom. The predicted octanol–water partition coefficient (Wildman–Crippen LogP) is 3.02. The number of imidazole rings is 1. The fraction of sp³-hybridized carbons (Fsp3) is 0.280. The van der Waals surface area contributed by atoms with Gasteiger partial charge in [-0.15, -0.1) is 0 Å². The molecule has 170 valence electrons. The third-order valence-electron chi connectivity index (χ3n) is 6.13. The topological polar surface area (TPSA) is 93.5 Å². The number of fused-ring (bicyclic) bond motifs is 1. The van der Waals surface area contributed by atoms with Gasteiger partial charge in [-0.05, 0) is 49.6 Å². The molecule has 8 heteroatoms. The van der Waals surface area contributed by atoms with Gasteiger partial charge in [-0.1, -0.05) is 36.4 Å². The van der Waals surface area contributed by atoms with Gasteiger partial charge >= 0.3 is 5.97 Å². The van der Waals surface area contributed by atoms with Gasteiger partial charge in [-0.3, -0.25) is 14.5 Å². The van der Waals surface area contributed by atoms with Gasteiger partial charge in [0.2, 0.25) is 5.91 Å². The molecule has 2 amide bonds. The Kier molecular flexibility index (Phi) is 5.76.